The first kappa shape index (κ1) is 17.3. The lowest BCUT2D eigenvalue weighted by molar-refractivity contribution is 0.104. The van der Waals surface area contributed by atoms with Gasteiger partial charge in [-0.25, -0.2) is 0 Å². The zero-order valence-electron chi connectivity index (χ0n) is 13.3. The Morgan fingerprint density at radius 2 is 2.22 bits per heavy atom. The van der Waals surface area contributed by atoms with Crippen LogP contribution in [0.3, 0.4) is 0 Å². The van der Waals surface area contributed by atoms with Crippen LogP contribution < -0.4 is 4.74 Å². The number of ketones is 1. The fraction of sp³-hybridized carbons (Fsp3) is 0.294. The molecule has 0 aliphatic carbocycles. The molecular formula is C17H19BrN2O3. The maximum atomic E-state index is 12.2. The monoisotopic (exact) mass is 378 g/mol. The van der Waals surface area contributed by atoms with Crippen molar-refractivity contribution < 1.29 is 14.6 Å². The molecule has 122 valence electrons. The Labute approximate surface area is 143 Å². The number of phenolic OH excluding ortho intramolecular Hbond substituents is 1. The van der Waals surface area contributed by atoms with Gasteiger partial charge in [0.2, 0.25) is 0 Å². The molecule has 6 heteroatoms. The van der Waals surface area contributed by atoms with E-state index >= 15 is 0 Å². The van der Waals surface area contributed by atoms with Crippen LogP contribution in [0.25, 0.3) is 6.08 Å². The maximum Gasteiger partial charge on any atom is 0.189 e. The summed E-state index contributed by atoms with van der Waals surface area (Å²) in [6, 6.07) is 3.62. The molecule has 0 saturated carbocycles. The number of phenols is 1. The van der Waals surface area contributed by atoms with Crippen molar-refractivity contribution in [2.75, 3.05) is 6.61 Å². The van der Waals surface area contributed by atoms with Crippen molar-refractivity contribution in [1.29, 1.82) is 0 Å². The first-order chi connectivity index (χ1) is 10.9. The second-order valence-corrected chi connectivity index (χ2v) is 6.14. The van der Waals surface area contributed by atoms with Crippen LogP contribution in [0.4, 0.5) is 0 Å². The Bertz CT molecular complexity index is 735. The molecule has 0 atom stereocenters. The second-order valence-electron chi connectivity index (χ2n) is 5.28. The number of hydrogen-bond donors (Lipinski definition) is 1. The van der Waals surface area contributed by atoms with E-state index in [2.05, 4.69) is 21.0 Å². The van der Waals surface area contributed by atoms with Crippen molar-refractivity contribution in [1.82, 2.24) is 9.78 Å². The van der Waals surface area contributed by atoms with Gasteiger partial charge < -0.3 is 9.84 Å². The lowest BCUT2D eigenvalue weighted by Gasteiger charge is -2.08. The number of allylic oxidation sites excluding steroid dienone is 1. The summed E-state index contributed by atoms with van der Waals surface area (Å²) in [5.74, 6) is 0.300. The Morgan fingerprint density at radius 3 is 2.83 bits per heavy atom. The van der Waals surface area contributed by atoms with Gasteiger partial charge >= 0.3 is 0 Å². The Morgan fingerprint density at radius 1 is 1.48 bits per heavy atom. The van der Waals surface area contributed by atoms with Gasteiger partial charge in [-0.05, 0) is 60.5 Å². The average molecular weight is 379 g/mol. The molecule has 5 nitrogen and oxygen atoms in total. The zero-order valence-corrected chi connectivity index (χ0v) is 14.9. The number of rotatable bonds is 6. The highest BCUT2D eigenvalue weighted by Gasteiger charge is 2.10. The number of aromatic hydroxyl groups is 1. The van der Waals surface area contributed by atoms with Crippen molar-refractivity contribution in [3.63, 3.8) is 0 Å². The number of carbonyl (C=O) groups excluding carboxylic acids is 1. The largest absolute Gasteiger partial charge is 0.503 e. The summed E-state index contributed by atoms with van der Waals surface area (Å²) in [6.07, 6.45) is 6.46. The van der Waals surface area contributed by atoms with E-state index in [1.54, 1.807) is 35.3 Å². The van der Waals surface area contributed by atoms with E-state index in [0.29, 0.717) is 22.4 Å². The van der Waals surface area contributed by atoms with Gasteiger partial charge in [0, 0.05) is 12.2 Å². The molecule has 0 spiro atoms. The molecule has 0 saturated heterocycles. The molecule has 2 aromatic rings. The normalized spacial score (nSPS) is 11.3. The van der Waals surface area contributed by atoms with E-state index in [9.17, 15) is 9.90 Å². The summed E-state index contributed by atoms with van der Waals surface area (Å²) in [5.41, 5.74) is 1.29. The van der Waals surface area contributed by atoms with Crippen LogP contribution in [0.5, 0.6) is 11.5 Å². The van der Waals surface area contributed by atoms with Gasteiger partial charge in [0.15, 0.2) is 17.3 Å². The molecule has 2 rings (SSSR count). The second kappa shape index (κ2) is 7.46. The Kier molecular flexibility index (Phi) is 5.60. The van der Waals surface area contributed by atoms with Gasteiger partial charge in [0.25, 0.3) is 0 Å². The number of aromatic nitrogens is 2. The van der Waals surface area contributed by atoms with Crippen LogP contribution in [-0.4, -0.2) is 27.3 Å². The summed E-state index contributed by atoms with van der Waals surface area (Å²) in [5, 5.41) is 14.0. The number of nitrogens with zero attached hydrogens (tertiary/aromatic N) is 2. The van der Waals surface area contributed by atoms with Crippen LogP contribution in [0.1, 0.15) is 42.7 Å². The topological polar surface area (TPSA) is 64.3 Å². The standard InChI is InChI=1S/C17H19BrN2O3/c1-4-23-16-8-12(7-14(18)17(16)22)5-6-15(21)13-9-19-20(10-13)11(2)3/h5-11,22H,4H2,1-3H3. The minimum Gasteiger partial charge on any atom is -0.503 e. The van der Waals surface area contributed by atoms with Crippen molar-refractivity contribution in [2.24, 2.45) is 0 Å². The number of carbonyl (C=O) groups is 1. The van der Waals surface area contributed by atoms with Gasteiger partial charge in [0.05, 0.1) is 22.8 Å². The van der Waals surface area contributed by atoms with Crippen LogP contribution >= 0.6 is 15.9 Å². The van der Waals surface area contributed by atoms with Gasteiger partial charge in [-0.15, -0.1) is 0 Å². The third-order valence-corrected chi connectivity index (χ3v) is 3.80. The highest BCUT2D eigenvalue weighted by molar-refractivity contribution is 9.10. The first-order valence-electron chi connectivity index (χ1n) is 7.34. The van der Waals surface area contributed by atoms with E-state index in [1.807, 2.05) is 20.8 Å². The predicted molar refractivity (Wildman–Crippen MR) is 93.0 cm³/mol. The number of ether oxygens (including phenoxy) is 1. The molecule has 23 heavy (non-hydrogen) atoms. The van der Waals surface area contributed by atoms with Crippen LogP contribution in [0.15, 0.2) is 35.1 Å². The zero-order chi connectivity index (χ0) is 17.0. The first-order valence-corrected chi connectivity index (χ1v) is 8.13. The third-order valence-electron chi connectivity index (χ3n) is 3.19. The van der Waals surface area contributed by atoms with Crippen molar-refractivity contribution in [2.45, 2.75) is 26.8 Å². The van der Waals surface area contributed by atoms with Crippen molar-refractivity contribution >= 4 is 27.8 Å². The predicted octanol–water partition coefficient (Wildman–Crippen LogP) is 4.23. The molecule has 0 bridgehead atoms. The quantitative estimate of drug-likeness (QED) is 0.603. The summed E-state index contributed by atoms with van der Waals surface area (Å²) in [6.45, 7) is 6.28. The molecule has 1 aromatic heterocycles. The molecule has 1 heterocycles. The van der Waals surface area contributed by atoms with E-state index in [-0.39, 0.29) is 17.6 Å². The van der Waals surface area contributed by atoms with Gasteiger partial charge in [-0.1, -0.05) is 6.08 Å². The molecular weight excluding hydrogens is 360 g/mol. The molecule has 0 fully saturated rings. The number of hydrogen-bond acceptors (Lipinski definition) is 4. The Balaban J connectivity index is 2.20. The molecule has 0 amide bonds. The maximum absolute atomic E-state index is 12.2. The molecule has 0 radical (unpaired) electrons. The molecule has 1 N–H and O–H groups in total. The van der Waals surface area contributed by atoms with Crippen LogP contribution in [0.2, 0.25) is 0 Å². The minimum atomic E-state index is -0.126. The summed E-state index contributed by atoms with van der Waals surface area (Å²) in [7, 11) is 0. The highest BCUT2D eigenvalue weighted by Crippen LogP contribution is 2.35. The minimum absolute atomic E-state index is 0.0496. The molecule has 0 aliphatic rings. The molecule has 0 unspecified atom stereocenters. The average Bonchev–Trinajstić information content (AvgIpc) is 3.00. The van der Waals surface area contributed by atoms with E-state index < -0.39 is 0 Å². The lowest BCUT2D eigenvalue weighted by atomic mass is 10.1. The van der Waals surface area contributed by atoms with Gasteiger partial charge in [-0.2, -0.15) is 5.10 Å². The number of benzene rings is 1. The Hall–Kier alpha value is -2.08. The summed E-state index contributed by atoms with van der Waals surface area (Å²) < 4.78 is 7.63. The van der Waals surface area contributed by atoms with E-state index in [1.165, 1.54) is 6.08 Å². The van der Waals surface area contributed by atoms with Crippen molar-refractivity contribution in [3.05, 3.63) is 46.2 Å². The summed E-state index contributed by atoms with van der Waals surface area (Å²) >= 11 is 3.28. The fourth-order valence-corrected chi connectivity index (χ4v) is 2.43. The lowest BCUT2D eigenvalue weighted by Crippen LogP contribution is -2.00. The summed E-state index contributed by atoms with van der Waals surface area (Å²) in [4.78, 5) is 12.2. The van der Waals surface area contributed by atoms with Crippen molar-refractivity contribution in [3.8, 4) is 11.5 Å². The van der Waals surface area contributed by atoms with Gasteiger partial charge in [-0.3, -0.25) is 9.48 Å². The van der Waals surface area contributed by atoms with Gasteiger partial charge in [0.1, 0.15) is 0 Å². The van der Waals surface area contributed by atoms with Crippen LogP contribution in [0, 0.1) is 0 Å². The highest BCUT2D eigenvalue weighted by atomic mass is 79.9. The third kappa shape index (κ3) is 4.22. The fourth-order valence-electron chi connectivity index (χ4n) is 1.97. The molecule has 1 aromatic carbocycles. The van der Waals surface area contributed by atoms with E-state index in [4.69, 9.17) is 4.74 Å². The smallest absolute Gasteiger partial charge is 0.189 e. The van der Waals surface area contributed by atoms with Crippen LogP contribution in [-0.2, 0) is 0 Å². The number of halogens is 1. The SMILES string of the molecule is CCOc1cc(C=CC(=O)c2cnn(C(C)C)c2)cc(Br)c1O. The van der Waals surface area contributed by atoms with E-state index in [0.717, 1.165) is 5.56 Å². The molecule has 0 aliphatic heterocycles.